The summed E-state index contributed by atoms with van der Waals surface area (Å²) in [6.45, 7) is 6.09. The van der Waals surface area contributed by atoms with Crippen LogP contribution in [0.1, 0.15) is 37.9 Å². The van der Waals surface area contributed by atoms with E-state index < -0.39 is 0 Å². The average Bonchev–Trinajstić information content (AvgIpc) is 2.99. The van der Waals surface area contributed by atoms with Crippen LogP contribution >= 0.6 is 15.9 Å². The van der Waals surface area contributed by atoms with Crippen molar-refractivity contribution in [2.45, 2.75) is 32.9 Å². The minimum absolute atomic E-state index is 0.00574. The van der Waals surface area contributed by atoms with Crippen LogP contribution in [-0.4, -0.2) is 16.1 Å². The number of aryl methyl sites for hydroxylation is 1. The van der Waals surface area contributed by atoms with Crippen LogP contribution in [0.15, 0.2) is 33.6 Å². The molecule has 0 spiro atoms. The first kappa shape index (κ1) is 13.4. The van der Waals surface area contributed by atoms with Crippen LogP contribution in [0.2, 0.25) is 0 Å². The van der Waals surface area contributed by atoms with Crippen LogP contribution in [0, 0.1) is 0 Å². The fourth-order valence-electron chi connectivity index (χ4n) is 1.94. The zero-order valence-electron chi connectivity index (χ0n) is 10.7. The molecule has 1 unspecified atom stereocenters. The summed E-state index contributed by atoms with van der Waals surface area (Å²) < 4.78 is 8.54. The van der Waals surface area contributed by atoms with Gasteiger partial charge in [-0.15, -0.1) is 0 Å². The molecule has 1 N–H and O–H groups in total. The van der Waals surface area contributed by atoms with E-state index in [0.717, 1.165) is 35.8 Å². The number of halogens is 1. The molecule has 0 aromatic carbocycles. The standard InChI is InChI=1S/C13H18BrN3O/c1-3-7-15-12(10-5-6-11(14)18-10)13-16-8-9-17(13)4-2/h5-6,8-9,12,15H,3-4,7H2,1-2H3. The summed E-state index contributed by atoms with van der Waals surface area (Å²) in [5.41, 5.74) is 0. The Hall–Kier alpha value is -1.07. The highest BCUT2D eigenvalue weighted by molar-refractivity contribution is 9.10. The second-order valence-corrected chi connectivity index (χ2v) is 4.88. The smallest absolute Gasteiger partial charge is 0.169 e. The molecule has 0 aliphatic rings. The number of rotatable bonds is 6. The number of furan rings is 1. The lowest BCUT2D eigenvalue weighted by Crippen LogP contribution is -2.25. The Morgan fingerprint density at radius 3 is 2.89 bits per heavy atom. The molecule has 0 saturated carbocycles. The second-order valence-electron chi connectivity index (χ2n) is 4.10. The summed E-state index contributed by atoms with van der Waals surface area (Å²) in [4.78, 5) is 4.45. The van der Waals surface area contributed by atoms with Crippen LogP contribution in [0.5, 0.6) is 0 Å². The number of hydrogen-bond donors (Lipinski definition) is 1. The minimum Gasteiger partial charge on any atom is -0.452 e. The van der Waals surface area contributed by atoms with Gasteiger partial charge in [-0.3, -0.25) is 0 Å². The number of nitrogens with one attached hydrogen (secondary N) is 1. The summed E-state index contributed by atoms with van der Waals surface area (Å²) in [6, 6.07) is 3.90. The van der Waals surface area contributed by atoms with Crippen molar-refractivity contribution < 1.29 is 4.42 Å². The van der Waals surface area contributed by atoms with E-state index in [9.17, 15) is 0 Å². The molecule has 5 heteroatoms. The molecule has 2 aromatic rings. The van der Waals surface area contributed by atoms with E-state index in [1.165, 1.54) is 0 Å². The first-order chi connectivity index (χ1) is 8.76. The van der Waals surface area contributed by atoms with Crippen LogP contribution in [0.25, 0.3) is 0 Å². The molecular weight excluding hydrogens is 294 g/mol. The van der Waals surface area contributed by atoms with E-state index in [4.69, 9.17) is 4.42 Å². The quantitative estimate of drug-likeness (QED) is 0.889. The predicted molar refractivity (Wildman–Crippen MR) is 74.4 cm³/mol. The van der Waals surface area contributed by atoms with Gasteiger partial charge in [0.15, 0.2) is 4.67 Å². The van der Waals surface area contributed by atoms with Crippen molar-refractivity contribution >= 4 is 15.9 Å². The second kappa shape index (κ2) is 6.20. The fourth-order valence-corrected chi connectivity index (χ4v) is 2.26. The SMILES string of the molecule is CCCNC(c1ccc(Br)o1)c1nccn1CC. The number of aromatic nitrogens is 2. The monoisotopic (exact) mass is 311 g/mol. The van der Waals surface area contributed by atoms with Gasteiger partial charge >= 0.3 is 0 Å². The molecule has 0 saturated heterocycles. The normalized spacial score (nSPS) is 12.8. The van der Waals surface area contributed by atoms with Gasteiger partial charge < -0.3 is 14.3 Å². The van der Waals surface area contributed by atoms with Crippen LogP contribution in [0.4, 0.5) is 0 Å². The molecule has 0 aliphatic carbocycles. The largest absolute Gasteiger partial charge is 0.452 e. The number of nitrogens with zero attached hydrogens (tertiary/aromatic N) is 2. The molecule has 0 bridgehead atoms. The third-order valence-corrected chi connectivity index (χ3v) is 3.25. The van der Waals surface area contributed by atoms with Gasteiger partial charge in [0.1, 0.15) is 17.6 Å². The molecule has 0 aliphatic heterocycles. The van der Waals surface area contributed by atoms with Crippen molar-refractivity contribution in [1.29, 1.82) is 0 Å². The van der Waals surface area contributed by atoms with Gasteiger partial charge in [0.05, 0.1) is 0 Å². The Labute approximate surface area is 116 Å². The summed E-state index contributed by atoms with van der Waals surface area (Å²) in [5.74, 6) is 1.88. The maximum atomic E-state index is 5.67. The highest BCUT2D eigenvalue weighted by Crippen LogP contribution is 2.25. The van der Waals surface area contributed by atoms with Gasteiger partial charge in [0, 0.05) is 18.9 Å². The first-order valence-corrected chi connectivity index (χ1v) is 7.05. The predicted octanol–water partition coefficient (Wildman–Crippen LogP) is 3.35. The Morgan fingerprint density at radius 2 is 2.28 bits per heavy atom. The highest BCUT2D eigenvalue weighted by Gasteiger charge is 2.21. The molecule has 98 valence electrons. The molecule has 4 nitrogen and oxygen atoms in total. The highest BCUT2D eigenvalue weighted by atomic mass is 79.9. The van der Waals surface area contributed by atoms with E-state index in [0.29, 0.717) is 0 Å². The van der Waals surface area contributed by atoms with E-state index in [1.54, 1.807) is 0 Å². The Balaban J connectivity index is 2.30. The lowest BCUT2D eigenvalue weighted by molar-refractivity contribution is 0.415. The Kier molecular flexibility index (Phi) is 4.60. The number of hydrogen-bond acceptors (Lipinski definition) is 3. The molecule has 1 atom stereocenters. The third-order valence-electron chi connectivity index (χ3n) is 2.82. The Bertz CT molecular complexity index is 492. The van der Waals surface area contributed by atoms with Gasteiger partial charge in [-0.2, -0.15) is 0 Å². The Morgan fingerprint density at radius 1 is 1.44 bits per heavy atom. The van der Waals surface area contributed by atoms with E-state index in [2.05, 4.69) is 44.6 Å². The van der Waals surface area contributed by atoms with Crippen molar-refractivity contribution in [3.05, 3.63) is 40.8 Å². The molecule has 0 amide bonds. The molecular formula is C13H18BrN3O. The molecule has 2 heterocycles. The van der Waals surface area contributed by atoms with Gasteiger partial charge in [-0.05, 0) is 48.0 Å². The summed E-state index contributed by atoms with van der Waals surface area (Å²) in [5, 5.41) is 3.48. The van der Waals surface area contributed by atoms with E-state index in [1.807, 2.05) is 24.5 Å². The van der Waals surface area contributed by atoms with Gasteiger partial charge in [-0.25, -0.2) is 4.98 Å². The lowest BCUT2D eigenvalue weighted by atomic mass is 10.2. The summed E-state index contributed by atoms with van der Waals surface area (Å²) >= 11 is 3.35. The van der Waals surface area contributed by atoms with Gasteiger partial charge in [0.2, 0.25) is 0 Å². The maximum Gasteiger partial charge on any atom is 0.169 e. The minimum atomic E-state index is 0.00574. The summed E-state index contributed by atoms with van der Waals surface area (Å²) in [7, 11) is 0. The van der Waals surface area contributed by atoms with Crippen LogP contribution in [-0.2, 0) is 6.54 Å². The molecule has 0 radical (unpaired) electrons. The zero-order valence-corrected chi connectivity index (χ0v) is 12.3. The van der Waals surface area contributed by atoms with Crippen LogP contribution < -0.4 is 5.32 Å². The lowest BCUT2D eigenvalue weighted by Gasteiger charge is -2.17. The van der Waals surface area contributed by atoms with Crippen molar-refractivity contribution in [1.82, 2.24) is 14.9 Å². The number of imidazole rings is 1. The van der Waals surface area contributed by atoms with E-state index in [-0.39, 0.29) is 6.04 Å². The molecule has 2 aromatic heterocycles. The average molecular weight is 312 g/mol. The summed E-state index contributed by atoms with van der Waals surface area (Å²) in [6.07, 6.45) is 4.90. The topological polar surface area (TPSA) is 43.0 Å². The van der Waals surface area contributed by atoms with Gasteiger partial charge in [-0.1, -0.05) is 6.92 Å². The third kappa shape index (κ3) is 2.84. The molecule has 0 fully saturated rings. The van der Waals surface area contributed by atoms with Gasteiger partial charge in [0.25, 0.3) is 0 Å². The van der Waals surface area contributed by atoms with Crippen LogP contribution in [0.3, 0.4) is 0 Å². The van der Waals surface area contributed by atoms with Crippen molar-refractivity contribution in [2.24, 2.45) is 0 Å². The van der Waals surface area contributed by atoms with Crippen molar-refractivity contribution in [3.63, 3.8) is 0 Å². The zero-order chi connectivity index (χ0) is 13.0. The molecule has 2 rings (SSSR count). The van der Waals surface area contributed by atoms with Crippen molar-refractivity contribution in [2.75, 3.05) is 6.54 Å². The maximum absolute atomic E-state index is 5.67. The molecule has 18 heavy (non-hydrogen) atoms. The fraction of sp³-hybridized carbons (Fsp3) is 0.462. The van der Waals surface area contributed by atoms with E-state index >= 15 is 0 Å². The van der Waals surface area contributed by atoms with Crippen molar-refractivity contribution in [3.8, 4) is 0 Å². The first-order valence-electron chi connectivity index (χ1n) is 6.25.